The van der Waals surface area contributed by atoms with Crippen LogP contribution in [-0.2, 0) is 0 Å². The predicted octanol–water partition coefficient (Wildman–Crippen LogP) is 3.35. The van der Waals surface area contributed by atoms with Gasteiger partial charge in [-0.25, -0.2) is 23.3 Å². The number of fused-ring (bicyclic) bond motifs is 3. The first kappa shape index (κ1) is 21.2. The van der Waals surface area contributed by atoms with Gasteiger partial charge in [-0.1, -0.05) is 6.07 Å². The van der Waals surface area contributed by atoms with Crippen LogP contribution in [0.4, 0.5) is 14.6 Å². The molecule has 4 aromatic rings. The van der Waals surface area contributed by atoms with Crippen molar-refractivity contribution in [3.63, 3.8) is 0 Å². The van der Waals surface area contributed by atoms with E-state index in [9.17, 15) is 18.8 Å². The van der Waals surface area contributed by atoms with Gasteiger partial charge in [0.2, 0.25) is 0 Å². The fourth-order valence-electron chi connectivity index (χ4n) is 5.09. The number of piperidine rings is 1. The van der Waals surface area contributed by atoms with Crippen LogP contribution in [0.25, 0.3) is 16.8 Å². The maximum absolute atomic E-state index is 14.1. The molecule has 2 atom stereocenters. The minimum Gasteiger partial charge on any atom is -0.352 e. The normalized spacial score (nSPS) is 18.9. The van der Waals surface area contributed by atoms with Gasteiger partial charge in [0.25, 0.3) is 5.91 Å². The van der Waals surface area contributed by atoms with Crippen LogP contribution in [0.2, 0.25) is 0 Å². The molecule has 3 saturated heterocycles. The topological polar surface area (TPSA) is 90.4 Å². The van der Waals surface area contributed by atoms with Crippen molar-refractivity contribution in [2.24, 2.45) is 0 Å². The number of piperazine rings is 1. The van der Waals surface area contributed by atoms with Crippen LogP contribution in [0.3, 0.4) is 0 Å². The largest absolute Gasteiger partial charge is 0.352 e. The lowest BCUT2D eigenvalue weighted by molar-refractivity contribution is 0.00497. The second-order valence-electron chi connectivity index (χ2n) is 8.86. The number of pyridine rings is 1. The van der Waals surface area contributed by atoms with Crippen molar-refractivity contribution >= 4 is 17.2 Å². The lowest BCUT2D eigenvalue weighted by Crippen LogP contribution is -2.70. The summed E-state index contributed by atoms with van der Waals surface area (Å²) in [5.74, 6) is -1.55. The smallest absolute Gasteiger partial charge is 0.260 e. The van der Waals surface area contributed by atoms with E-state index in [2.05, 4.69) is 26.0 Å². The van der Waals surface area contributed by atoms with Gasteiger partial charge in [0, 0.05) is 24.8 Å². The highest BCUT2D eigenvalue weighted by atomic mass is 19.1. The number of amides is 1. The Morgan fingerprint density at radius 3 is 2.51 bits per heavy atom. The van der Waals surface area contributed by atoms with E-state index < -0.39 is 23.1 Å². The van der Waals surface area contributed by atoms with Crippen molar-refractivity contribution < 1.29 is 13.6 Å². The van der Waals surface area contributed by atoms with Gasteiger partial charge < -0.3 is 9.80 Å². The van der Waals surface area contributed by atoms with Gasteiger partial charge >= 0.3 is 0 Å². The van der Waals surface area contributed by atoms with E-state index in [0.29, 0.717) is 29.9 Å². The number of hydrogen-bond acceptors (Lipinski definition) is 6. The number of carbonyl (C=O) groups excluding carboxylic acids is 1. The van der Waals surface area contributed by atoms with Gasteiger partial charge in [0.15, 0.2) is 0 Å². The quantitative estimate of drug-likeness (QED) is 0.455. The Kier molecular flexibility index (Phi) is 4.74. The number of hydrogen-bond donors (Lipinski definition) is 0. The minimum absolute atomic E-state index is 0.134. The van der Waals surface area contributed by atoms with E-state index >= 15 is 0 Å². The molecule has 2 unspecified atom stereocenters. The average Bonchev–Trinajstić information content (AvgIpc) is 3.26. The Morgan fingerprint density at radius 2 is 1.86 bits per heavy atom. The van der Waals surface area contributed by atoms with E-state index in [1.807, 2.05) is 19.1 Å². The van der Waals surface area contributed by atoms with E-state index in [4.69, 9.17) is 0 Å². The molecule has 2 bridgehead atoms. The van der Waals surface area contributed by atoms with E-state index in [-0.39, 0.29) is 12.1 Å². The Morgan fingerprint density at radius 1 is 1.11 bits per heavy atom. The lowest BCUT2D eigenvalue weighted by Gasteiger charge is -2.56. The number of halogens is 2. The van der Waals surface area contributed by atoms with Crippen molar-refractivity contribution in [3.05, 3.63) is 77.4 Å². The van der Waals surface area contributed by atoms with Crippen molar-refractivity contribution in [1.82, 2.24) is 24.5 Å². The van der Waals surface area contributed by atoms with Gasteiger partial charge in [-0.2, -0.15) is 10.4 Å². The lowest BCUT2D eigenvalue weighted by atomic mass is 9.86. The summed E-state index contributed by atoms with van der Waals surface area (Å²) in [5.41, 5.74) is 2.71. The van der Waals surface area contributed by atoms with E-state index in [1.54, 1.807) is 21.8 Å². The highest BCUT2D eigenvalue weighted by Gasteiger charge is 2.48. The molecule has 7 rings (SSSR count). The van der Waals surface area contributed by atoms with Crippen molar-refractivity contribution in [2.45, 2.75) is 25.4 Å². The first-order chi connectivity index (χ1) is 16.9. The highest BCUT2D eigenvalue weighted by molar-refractivity contribution is 5.96. The zero-order valence-corrected chi connectivity index (χ0v) is 18.7. The van der Waals surface area contributed by atoms with E-state index in [1.165, 1.54) is 12.3 Å². The number of anilines is 1. The minimum atomic E-state index is -0.842. The molecule has 1 aromatic carbocycles. The zero-order valence-electron chi connectivity index (χ0n) is 18.7. The Balaban J connectivity index is 1.23. The molecule has 0 radical (unpaired) electrons. The highest BCUT2D eigenvalue weighted by Crippen LogP contribution is 2.36. The number of rotatable bonds is 3. The Hall–Kier alpha value is -4.39. The molecule has 3 fully saturated rings. The molecule has 10 heteroatoms. The molecule has 3 aromatic heterocycles. The summed E-state index contributed by atoms with van der Waals surface area (Å²) in [4.78, 5) is 25.8. The summed E-state index contributed by atoms with van der Waals surface area (Å²) in [5, 5.41) is 13.7. The molecular weight excluding hydrogens is 452 g/mol. The van der Waals surface area contributed by atoms with Crippen molar-refractivity contribution in [3.8, 4) is 17.3 Å². The summed E-state index contributed by atoms with van der Waals surface area (Å²) in [7, 11) is 0. The monoisotopic (exact) mass is 471 g/mol. The molecule has 8 nitrogen and oxygen atoms in total. The van der Waals surface area contributed by atoms with Gasteiger partial charge in [-0.15, -0.1) is 0 Å². The predicted molar refractivity (Wildman–Crippen MR) is 123 cm³/mol. The number of carbonyl (C=O) groups is 1. The average molecular weight is 471 g/mol. The van der Waals surface area contributed by atoms with Gasteiger partial charge in [0.1, 0.15) is 40.2 Å². The maximum Gasteiger partial charge on any atom is 0.260 e. The van der Waals surface area contributed by atoms with E-state index in [0.717, 1.165) is 35.6 Å². The van der Waals surface area contributed by atoms with Crippen LogP contribution in [0, 0.1) is 29.9 Å². The number of nitrogens with zero attached hydrogens (tertiary/aromatic N) is 7. The molecule has 0 aliphatic carbocycles. The van der Waals surface area contributed by atoms with Crippen LogP contribution >= 0.6 is 0 Å². The fraction of sp³-hybridized carbons (Fsp3) is 0.240. The number of aryl methyl sites for hydroxylation is 1. The second-order valence-corrected chi connectivity index (χ2v) is 8.86. The van der Waals surface area contributed by atoms with Crippen molar-refractivity contribution in [2.75, 3.05) is 18.0 Å². The van der Waals surface area contributed by atoms with Crippen LogP contribution < -0.4 is 4.90 Å². The zero-order chi connectivity index (χ0) is 24.3. The summed E-state index contributed by atoms with van der Waals surface area (Å²) in [6.07, 6.45) is 5.78. The third-order valence-corrected chi connectivity index (χ3v) is 6.69. The Labute approximate surface area is 199 Å². The number of benzene rings is 1. The first-order valence-electron chi connectivity index (χ1n) is 11.2. The Bertz CT molecular complexity index is 1490. The number of aromatic nitrogens is 4. The third kappa shape index (κ3) is 3.31. The first-order valence-corrected chi connectivity index (χ1v) is 11.2. The maximum atomic E-state index is 14.1. The molecule has 174 valence electrons. The third-order valence-electron chi connectivity index (χ3n) is 6.69. The molecule has 0 N–H and O–H groups in total. The van der Waals surface area contributed by atoms with Crippen molar-refractivity contribution in [1.29, 1.82) is 5.26 Å². The van der Waals surface area contributed by atoms with Crippen LogP contribution in [0.15, 0.2) is 48.9 Å². The van der Waals surface area contributed by atoms with Gasteiger partial charge in [0.05, 0.1) is 35.9 Å². The summed E-state index contributed by atoms with van der Waals surface area (Å²) in [6, 6.07) is 9.12. The second kappa shape index (κ2) is 7.84. The summed E-state index contributed by atoms with van der Waals surface area (Å²) in [6.45, 7) is 2.91. The molecule has 3 aliphatic heterocycles. The van der Waals surface area contributed by atoms with Crippen LogP contribution in [0.1, 0.15) is 28.0 Å². The van der Waals surface area contributed by atoms with Crippen LogP contribution in [0.5, 0.6) is 0 Å². The molecule has 6 heterocycles. The molecule has 0 spiro atoms. The standard InChI is InChI=1S/C25H19F2N7O/c1-14-11-33-24(16(8-28)10-30-33)23(31-14)15-5-6-21(29-9-15)32-12-17-7-18(13-32)34(17)25(35)22-19(26)3-2-4-20(22)27/h2-6,9-11,17-18H,7,12-13H2,1H3. The summed E-state index contributed by atoms with van der Waals surface area (Å²) < 4.78 is 29.9. The molecule has 35 heavy (non-hydrogen) atoms. The van der Waals surface area contributed by atoms with Gasteiger partial charge in [-0.05, 0) is 37.6 Å². The molecule has 3 aliphatic rings. The van der Waals surface area contributed by atoms with Crippen LogP contribution in [-0.4, -0.2) is 55.6 Å². The molecule has 0 saturated carbocycles. The fourth-order valence-corrected chi connectivity index (χ4v) is 5.09. The molecule has 1 amide bonds. The number of nitriles is 1. The molecular formula is C25H19F2N7O. The SMILES string of the molecule is Cc1cn2ncc(C#N)c2c(-c2ccc(N3CC4CC(C3)N4C(=O)c3c(F)cccc3F)nc2)n1. The summed E-state index contributed by atoms with van der Waals surface area (Å²) >= 11 is 0. The van der Waals surface area contributed by atoms with Gasteiger partial charge in [-0.3, -0.25) is 4.79 Å².